The number of aryl methyl sites for hydroxylation is 1. The lowest BCUT2D eigenvalue weighted by Gasteiger charge is -2.31. The molecule has 4 atom stereocenters. The predicted molar refractivity (Wildman–Crippen MR) is 158 cm³/mol. The van der Waals surface area contributed by atoms with Gasteiger partial charge in [-0.05, 0) is 78.0 Å². The van der Waals surface area contributed by atoms with E-state index in [1.165, 1.54) is 0 Å². The summed E-state index contributed by atoms with van der Waals surface area (Å²) in [5, 5.41) is 17.4. The molecule has 3 heterocycles. The lowest BCUT2D eigenvalue weighted by molar-refractivity contribution is -0.146. The van der Waals surface area contributed by atoms with Crippen molar-refractivity contribution in [3.8, 4) is 0 Å². The number of amides is 1. The van der Waals surface area contributed by atoms with Crippen LogP contribution in [0, 0.1) is 9.49 Å². The van der Waals surface area contributed by atoms with Gasteiger partial charge in [0.1, 0.15) is 0 Å². The van der Waals surface area contributed by atoms with Crippen molar-refractivity contribution in [1.29, 1.82) is 0 Å². The van der Waals surface area contributed by atoms with E-state index in [1.807, 2.05) is 43.3 Å². The molecule has 7 nitrogen and oxygen atoms in total. The first kappa shape index (κ1) is 27.9. The summed E-state index contributed by atoms with van der Waals surface area (Å²) in [5.74, 6) is -0.477. The fourth-order valence-corrected chi connectivity index (χ4v) is 9.71. The summed E-state index contributed by atoms with van der Waals surface area (Å²) in [5.41, 5.74) is 1.71. The van der Waals surface area contributed by atoms with Crippen LogP contribution in [0.3, 0.4) is 0 Å². The van der Waals surface area contributed by atoms with E-state index in [1.54, 1.807) is 28.9 Å². The van der Waals surface area contributed by atoms with Crippen LogP contribution in [0.25, 0.3) is 0 Å². The SMILES string of the molecule is C[C@@H]1[C@@H]([Si](C)(C)F)[C@H](CCn2cc(CCO)nn2)O[C@@]12C(=O)N(Cc1cccc(I)c1)c1ccc(Br)cc12. The molecule has 1 aromatic heterocycles. The van der Waals surface area contributed by atoms with E-state index in [-0.39, 0.29) is 24.0 Å². The van der Waals surface area contributed by atoms with Crippen LogP contribution in [0.2, 0.25) is 18.6 Å². The van der Waals surface area contributed by atoms with Gasteiger partial charge in [0.25, 0.3) is 5.91 Å². The molecule has 2 aliphatic heterocycles. The fraction of sp³-hybridized carbons (Fsp3) is 0.444. The van der Waals surface area contributed by atoms with Crippen molar-refractivity contribution in [3.05, 3.63) is 73.5 Å². The summed E-state index contributed by atoms with van der Waals surface area (Å²) in [6.45, 7) is 6.31. The van der Waals surface area contributed by atoms with E-state index in [0.29, 0.717) is 31.6 Å². The number of carbonyl (C=O) groups is 1. The van der Waals surface area contributed by atoms with Gasteiger partial charge in [-0.2, -0.15) is 0 Å². The summed E-state index contributed by atoms with van der Waals surface area (Å²) in [6, 6.07) is 14.0. The molecule has 11 heteroatoms. The maximum absolute atomic E-state index is 16.0. The Labute approximate surface area is 245 Å². The average molecular weight is 713 g/mol. The number of aliphatic hydroxyl groups is 1. The van der Waals surface area contributed by atoms with Gasteiger partial charge in [-0.15, -0.1) is 5.10 Å². The van der Waals surface area contributed by atoms with Crippen LogP contribution in [-0.2, 0) is 34.6 Å². The predicted octanol–water partition coefficient (Wildman–Crippen LogP) is 5.59. The van der Waals surface area contributed by atoms with E-state index < -0.39 is 20.1 Å². The smallest absolute Gasteiger partial charge is 0.264 e. The molecule has 1 fully saturated rings. The van der Waals surface area contributed by atoms with Crippen molar-refractivity contribution in [3.63, 3.8) is 0 Å². The lowest BCUT2D eigenvalue weighted by Crippen LogP contribution is -2.45. The van der Waals surface area contributed by atoms with Gasteiger partial charge in [-0.1, -0.05) is 40.2 Å². The Morgan fingerprint density at radius 3 is 2.76 bits per heavy atom. The van der Waals surface area contributed by atoms with E-state index >= 15 is 4.11 Å². The van der Waals surface area contributed by atoms with E-state index in [2.05, 4.69) is 54.9 Å². The van der Waals surface area contributed by atoms with Crippen molar-refractivity contribution in [2.75, 3.05) is 11.5 Å². The number of aliphatic hydroxyl groups excluding tert-OH is 1. The topological polar surface area (TPSA) is 80.5 Å². The second-order valence-corrected chi connectivity index (χ2v) is 16.6. The van der Waals surface area contributed by atoms with Crippen LogP contribution >= 0.6 is 38.5 Å². The van der Waals surface area contributed by atoms with Crippen molar-refractivity contribution in [1.82, 2.24) is 15.0 Å². The Kier molecular flexibility index (Phi) is 7.86. The van der Waals surface area contributed by atoms with Crippen LogP contribution in [0.1, 0.15) is 30.2 Å². The highest BCUT2D eigenvalue weighted by molar-refractivity contribution is 14.1. The maximum atomic E-state index is 16.0. The molecule has 0 radical (unpaired) electrons. The number of rotatable bonds is 8. The highest BCUT2D eigenvalue weighted by atomic mass is 127. The number of benzene rings is 2. The minimum Gasteiger partial charge on any atom is -0.396 e. The largest absolute Gasteiger partial charge is 0.396 e. The van der Waals surface area contributed by atoms with Crippen LogP contribution < -0.4 is 4.90 Å². The van der Waals surface area contributed by atoms with Gasteiger partial charge in [0.05, 0.1) is 24.0 Å². The van der Waals surface area contributed by atoms with Gasteiger partial charge in [-0.3, -0.25) is 9.48 Å². The van der Waals surface area contributed by atoms with E-state index in [9.17, 15) is 9.90 Å². The van der Waals surface area contributed by atoms with Gasteiger partial charge >= 0.3 is 0 Å². The number of halogens is 3. The van der Waals surface area contributed by atoms with Gasteiger partial charge in [-0.25, -0.2) is 0 Å². The molecule has 38 heavy (non-hydrogen) atoms. The van der Waals surface area contributed by atoms with E-state index in [0.717, 1.165) is 24.9 Å². The highest BCUT2D eigenvalue weighted by Gasteiger charge is 2.66. The average Bonchev–Trinajstić information content (AvgIpc) is 3.48. The third-order valence-electron chi connectivity index (χ3n) is 7.75. The van der Waals surface area contributed by atoms with Gasteiger partial charge in [0.2, 0.25) is 8.41 Å². The fourth-order valence-electron chi connectivity index (χ4n) is 6.20. The Morgan fingerprint density at radius 2 is 2.05 bits per heavy atom. The zero-order chi connectivity index (χ0) is 27.2. The summed E-state index contributed by atoms with van der Waals surface area (Å²) < 4.78 is 26.5. The first-order chi connectivity index (χ1) is 18.0. The first-order valence-corrected chi connectivity index (χ1v) is 17.6. The minimum atomic E-state index is -3.24. The standard InChI is InChI=1S/C27H31BrFIN4O3Si/c1-17-25(38(2,3)29)24(9-11-33-16-21(10-12-35)31-32-33)37-27(17)22-14-19(28)7-8-23(22)34(26(27)36)15-18-5-4-6-20(30)13-18/h4-8,13-14,16-17,24-25,35H,9-12,15H2,1-3H3/t17-,24+,25-,27+/m1/s1. The third-order valence-corrected chi connectivity index (χ3v) is 11.4. The Morgan fingerprint density at radius 1 is 1.26 bits per heavy atom. The zero-order valence-corrected chi connectivity index (χ0v) is 26.3. The summed E-state index contributed by atoms with van der Waals surface area (Å²) >= 11 is 5.86. The first-order valence-electron chi connectivity index (χ1n) is 12.8. The highest BCUT2D eigenvalue weighted by Crippen LogP contribution is 2.60. The summed E-state index contributed by atoms with van der Waals surface area (Å²) in [4.78, 5) is 16.2. The van der Waals surface area contributed by atoms with Crippen molar-refractivity contribution in [2.45, 2.75) is 63.2 Å². The Hall–Kier alpha value is -1.67. The molecule has 1 spiro atoms. The summed E-state index contributed by atoms with van der Waals surface area (Å²) in [6.07, 6.45) is 2.29. The number of anilines is 1. The van der Waals surface area contributed by atoms with Crippen LogP contribution in [0.4, 0.5) is 9.80 Å². The molecular formula is C27H31BrFIN4O3Si. The molecule has 1 N–H and O–H groups in total. The maximum Gasteiger partial charge on any atom is 0.264 e. The molecule has 1 saturated heterocycles. The van der Waals surface area contributed by atoms with Crippen molar-refractivity contribution < 1.29 is 18.7 Å². The third kappa shape index (κ3) is 5.00. The van der Waals surface area contributed by atoms with Crippen LogP contribution in [-0.4, -0.2) is 47.1 Å². The van der Waals surface area contributed by atoms with Crippen LogP contribution in [0.5, 0.6) is 0 Å². The number of nitrogens with zero attached hydrogens (tertiary/aromatic N) is 4. The number of hydrogen-bond donors (Lipinski definition) is 1. The second-order valence-electron chi connectivity index (χ2n) is 10.7. The zero-order valence-electron chi connectivity index (χ0n) is 21.6. The number of aromatic nitrogens is 3. The Bertz CT molecular complexity index is 1350. The molecule has 202 valence electrons. The van der Waals surface area contributed by atoms with Gasteiger partial charge < -0.3 is 18.9 Å². The van der Waals surface area contributed by atoms with Crippen LogP contribution in [0.15, 0.2) is 53.1 Å². The number of carbonyl (C=O) groups excluding carboxylic acids is 1. The van der Waals surface area contributed by atoms with E-state index in [4.69, 9.17) is 4.74 Å². The molecule has 0 saturated carbocycles. The molecule has 5 rings (SSSR count). The second kappa shape index (κ2) is 10.7. The molecule has 2 aromatic carbocycles. The van der Waals surface area contributed by atoms with Crippen molar-refractivity contribution >= 4 is 58.5 Å². The quantitative estimate of drug-likeness (QED) is 0.187. The molecule has 1 amide bonds. The molecule has 0 bridgehead atoms. The van der Waals surface area contributed by atoms with Gasteiger partial charge in [0, 0.05) is 50.8 Å². The molecule has 0 aliphatic carbocycles. The number of ether oxygens (including phenoxy) is 1. The summed E-state index contributed by atoms with van der Waals surface area (Å²) in [7, 11) is -3.24. The van der Waals surface area contributed by atoms with Gasteiger partial charge in [0.15, 0.2) is 5.60 Å². The normalized spacial score (nSPS) is 25.0. The molecular weight excluding hydrogens is 682 g/mol. The Balaban J connectivity index is 1.51. The number of hydrogen-bond acceptors (Lipinski definition) is 5. The molecule has 0 unspecified atom stereocenters. The minimum absolute atomic E-state index is 0.00386. The van der Waals surface area contributed by atoms with Crippen molar-refractivity contribution in [2.24, 2.45) is 5.92 Å². The monoisotopic (exact) mass is 712 g/mol. The lowest BCUT2D eigenvalue weighted by atomic mass is 9.82. The molecule has 3 aromatic rings. The number of fused-ring (bicyclic) bond motifs is 2. The molecule has 2 aliphatic rings.